The highest BCUT2D eigenvalue weighted by Crippen LogP contribution is 2.28. The number of piperazine rings is 1. The maximum absolute atomic E-state index is 12.4. The normalized spacial score (nSPS) is 15.8. The van der Waals surface area contributed by atoms with Gasteiger partial charge in [0.1, 0.15) is 0 Å². The molecule has 1 aliphatic heterocycles. The molecule has 132 valence electrons. The van der Waals surface area contributed by atoms with E-state index < -0.39 is 0 Å². The molecule has 1 aliphatic rings. The SMILES string of the molecule is COCCN1CCN(C(=O)/C=C/c2ccc(-c3ccccc3)s2)CC1. The van der Waals surface area contributed by atoms with Crippen LogP contribution in [-0.2, 0) is 9.53 Å². The predicted octanol–water partition coefficient (Wildman–Crippen LogP) is 3.22. The zero-order chi connectivity index (χ0) is 17.5. The van der Waals surface area contributed by atoms with E-state index in [1.807, 2.05) is 29.2 Å². The molecule has 2 heterocycles. The lowest BCUT2D eigenvalue weighted by atomic mass is 10.2. The smallest absolute Gasteiger partial charge is 0.246 e. The van der Waals surface area contributed by atoms with Crippen LogP contribution in [0.25, 0.3) is 16.5 Å². The third kappa shape index (κ3) is 5.01. The average Bonchev–Trinajstić information content (AvgIpc) is 3.14. The fourth-order valence-corrected chi connectivity index (χ4v) is 3.79. The maximum Gasteiger partial charge on any atom is 0.246 e. The van der Waals surface area contributed by atoms with Crippen LogP contribution in [0.1, 0.15) is 4.88 Å². The Morgan fingerprint density at radius 3 is 2.60 bits per heavy atom. The van der Waals surface area contributed by atoms with Gasteiger partial charge in [0.05, 0.1) is 6.61 Å². The van der Waals surface area contributed by atoms with Crippen molar-refractivity contribution in [2.75, 3.05) is 46.4 Å². The number of benzene rings is 1. The number of hydrogen-bond donors (Lipinski definition) is 0. The third-order valence-electron chi connectivity index (χ3n) is 4.37. The summed E-state index contributed by atoms with van der Waals surface area (Å²) in [6, 6.07) is 14.5. The van der Waals surface area contributed by atoms with Crippen LogP contribution in [0.4, 0.5) is 0 Å². The van der Waals surface area contributed by atoms with Crippen molar-refractivity contribution in [3.63, 3.8) is 0 Å². The second-order valence-corrected chi connectivity index (χ2v) is 7.18. The Morgan fingerprint density at radius 1 is 1.12 bits per heavy atom. The van der Waals surface area contributed by atoms with Crippen LogP contribution in [-0.4, -0.2) is 62.1 Å². The molecular formula is C20H24N2O2S. The number of hydrogen-bond acceptors (Lipinski definition) is 4. The minimum absolute atomic E-state index is 0.0982. The Labute approximate surface area is 153 Å². The second-order valence-electron chi connectivity index (χ2n) is 6.06. The van der Waals surface area contributed by atoms with E-state index in [1.165, 1.54) is 10.4 Å². The number of carbonyl (C=O) groups is 1. The van der Waals surface area contributed by atoms with E-state index in [1.54, 1.807) is 24.5 Å². The molecule has 0 radical (unpaired) electrons. The molecule has 2 aromatic rings. The molecule has 1 aromatic heterocycles. The Kier molecular flexibility index (Phi) is 6.39. The zero-order valence-electron chi connectivity index (χ0n) is 14.6. The summed E-state index contributed by atoms with van der Waals surface area (Å²) in [6.45, 7) is 5.08. The molecule has 0 atom stereocenters. The summed E-state index contributed by atoms with van der Waals surface area (Å²) in [5.74, 6) is 0.0982. The van der Waals surface area contributed by atoms with Gasteiger partial charge in [0.15, 0.2) is 0 Å². The monoisotopic (exact) mass is 356 g/mol. The van der Waals surface area contributed by atoms with Gasteiger partial charge in [-0.2, -0.15) is 0 Å². The summed E-state index contributed by atoms with van der Waals surface area (Å²) in [7, 11) is 1.72. The highest BCUT2D eigenvalue weighted by molar-refractivity contribution is 7.16. The van der Waals surface area contributed by atoms with E-state index in [2.05, 4.69) is 29.2 Å². The molecule has 3 rings (SSSR count). The highest BCUT2D eigenvalue weighted by Gasteiger charge is 2.19. The summed E-state index contributed by atoms with van der Waals surface area (Å²) in [5, 5.41) is 0. The van der Waals surface area contributed by atoms with Crippen LogP contribution in [0.3, 0.4) is 0 Å². The van der Waals surface area contributed by atoms with Crippen LogP contribution in [0.5, 0.6) is 0 Å². The number of rotatable bonds is 6. The Morgan fingerprint density at radius 2 is 1.88 bits per heavy atom. The van der Waals surface area contributed by atoms with Gasteiger partial charge in [-0.05, 0) is 23.8 Å². The fraction of sp³-hybridized carbons (Fsp3) is 0.350. The lowest BCUT2D eigenvalue weighted by Gasteiger charge is -2.34. The van der Waals surface area contributed by atoms with E-state index in [-0.39, 0.29) is 5.91 Å². The molecular weight excluding hydrogens is 332 g/mol. The summed E-state index contributed by atoms with van der Waals surface area (Å²) < 4.78 is 5.11. The first kappa shape index (κ1) is 17.9. The molecule has 1 amide bonds. The van der Waals surface area contributed by atoms with Crippen molar-refractivity contribution in [3.05, 3.63) is 53.4 Å². The highest BCUT2D eigenvalue weighted by atomic mass is 32.1. The zero-order valence-corrected chi connectivity index (χ0v) is 15.4. The fourth-order valence-electron chi connectivity index (χ4n) is 2.87. The van der Waals surface area contributed by atoms with Gasteiger partial charge in [-0.15, -0.1) is 11.3 Å². The lowest BCUT2D eigenvalue weighted by Crippen LogP contribution is -2.48. The van der Waals surface area contributed by atoms with E-state index in [0.29, 0.717) is 0 Å². The molecule has 0 N–H and O–H groups in total. The molecule has 0 aliphatic carbocycles. The molecule has 1 aromatic carbocycles. The largest absolute Gasteiger partial charge is 0.383 e. The molecule has 4 nitrogen and oxygen atoms in total. The molecule has 0 saturated carbocycles. The average molecular weight is 356 g/mol. The Balaban J connectivity index is 1.52. The molecule has 5 heteroatoms. The predicted molar refractivity (Wildman–Crippen MR) is 104 cm³/mol. The molecule has 0 bridgehead atoms. The van der Waals surface area contributed by atoms with Gasteiger partial charge in [0, 0.05) is 55.7 Å². The first-order valence-corrected chi connectivity index (χ1v) is 9.41. The molecule has 1 fully saturated rings. The Hall–Kier alpha value is -1.95. The van der Waals surface area contributed by atoms with Crippen molar-refractivity contribution in [1.29, 1.82) is 0 Å². The number of amides is 1. The summed E-state index contributed by atoms with van der Waals surface area (Å²) in [4.78, 5) is 19.0. The number of carbonyl (C=O) groups excluding carboxylic acids is 1. The van der Waals surface area contributed by atoms with E-state index in [4.69, 9.17) is 4.74 Å². The number of methoxy groups -OCH3 is 1. The van der Waals surface area contributed by atoms with E-state index in [9.17, 15) is 4.79 Å². The quantitative estimate of drug-likeness (QED) is 0.745. The number of ether oxygens (including phenoxy) is 1. The van der Waals surface area contributed by atoms with Gasteiger partial charge in [0.25, 0.3) is 0 Å². The van der Waals surface area contributed by atoms with Crippen LogP contribution in [0.15, 0.2) is 48.5 Å². The van der Waals surface area contributed by atoms with Gasteiger partial charge < -0.3 is 9.64 Å². The van der Waals surface area contributed by atoms with Crippen LogP contribution in [0.2, 0.25) is 0 Å². The minimum Gasteiger partial charge on any atom is -0.383 e. The number of nitrogens with zero attached hydrogens (tertiary/aromatic N) is 2. The minimum atomic E-state index is 0.0982. The van der Waals surface area contributed by atoms with Gasteiger partial charge in [-0.1, -0.05) is 30.3 Å². The first-order chi connectivity index (χ1) is 12.3. The summed E-state index contributed by atoms with van der Waals surface area (Å²) in [5.41, 5.74) is 1.21. The van der Waals surface area contributed by atoms with E-state index >= 15 is 0 Å². The van der Waals surface area contributed by atoms with Gasteiger partial charge >= 0.3 is 0 Å². The first-order valence-electron chi connectivity index (χ1n) is 8.60. The third-order valence-corrected chi connectivity index (χ3v) is 5.47. The van der Waals surface area contributed by atoms with Crippen LogP contribution in [0, 0.1) is 0 Å². The van der Waals surface area contributed by atoms with Crippen molar-refractivity contribution in [2.45, 2.75) is 0 Å². The summed E-state index contributed by atoms with van der Waals surface area (Å²) >= 11 is 1.70. The molecule has 1 saturated heterocycles. The van der Waals surface area contributed by atoms with E-state index in [0.717, 1.165) is 44.2 Å². The van der Waals surface area contributed by atoms with Crippen molar-refractivity contribution in [1.82, 2.24) is 9.80 Å². The van der Waals surface area contributed by atoms with Gasteiger partial charge in [0.2, 0.25) is 5.91 Å². The van der Waals surface area contributed by atoms with Gasteiger partial charge in [-0.3, -0.25) is 9.69 Å². The summed E-state index contributed by atoms with van der Waals surface area (Å²) in [6.07, 6.45) is 3.63. The van der Waals surface area contributed by atoms with Gasteiger partial charge in [-0.25, -0.2) is 0 Å². The van der Waals surface area contributed by atoms with Crippen LogP contribution >= 0.6 is 11.3 Å². The van der Waals surface area contributed by atoms with Crippen molar-refractivity contribution >= 4 is 23.3 Å². The van der Waals surface area contributed by atoms with Crippen molar-refractivity contribution in [2.24, 2.45) is 0 Å². The molecule has 25 heavy (non-hydrogen) atoms. The lowest BCUT2D eigenvalue weighted by molar-refractivity contribution is -0.127. The standard InChI is InChI=1S/C20H24N2O2S/c1-24-16-15-21-11-13-22(14-12-21)20(23)10-8-18-7-9-19(25-18)17-5-3-2-4-6-17/h2-10H,11-16H2,1H3/b10-8+. The maximum atomic E-state index is 12.4. The van der Waals surface area contributed by atoms with Crippen molar-refractivity contribution in [3.8, 4) is 10.4 Å². The van der Waals surface area contributed by atoms with Crippen molar-refractivity contribution < 1.29 is 9.53 Å². The Bertz CT molecular complexity index is 703. The number of thiophene rings is 1. The van der Waals surface area contributed by atoms with Crippen LogP contribution < -0.4 is 0 Å². The topological polar surface area (TPSA) is 32.8 Å². The molecule has 0 unspecified atom stereocenters. The second kappa shape index (κ2) is 8.94. The molecule has 0 spiro atoms.